The number of nitrogens with one attached hydrogen (secondary N) is 1. The van der Waals surface area contributed by atoms with Crippen LogP contribution in [0, 0.1) is 11.8 Å². The highest BCUT2D eigenvalue weighted by atomic mass is 32.2. The molecule has 2 atom stereocenters. The minimum Gasteiger partial charge on any atom is -0.345 e. The molecule has 1 amide bonds. The van der Waals surface area contributed by atoms with E-state index in [9.17, 15) is 13.8 Å². The molecule has 0 aromatic heterocycles. The summed E-state index contributed by atoms with van der Waals surface area (Å²) in [6.45, 7) is 5.25. The highest BCUT2D eigenvalue weighted by molar-refractivity contribution is 7.85. The minimum absolute atomic E-state index is 0.0208. The molecular weight excluding hydrogens is 262 g/mol. The van der Waals surface area contributed by atoms with Gasteiger partial charge >= 0.3 is 0 Å². The van der Waals surface area contributed by atoms with Crippen LogP contribution in [0.1, 0.15) is 46.5 Å². The molecule has 19 heavy (non-hydrogen) atoms. The van der Waals surface area contributed by atoms with Gasteiger partial charge in [-0.1, -0.05) is 26.7 Å². The van der Waals surface area contributed by atoms with E-state index in [4.69, 9.17) is 0 Å². The molecule has 1 fully saturated rings. The number of carbonyl (C=O) groups is 2. The fraction of sp³-hybridized carbons (Fsp3) is 0.857. The first-order chi connectivity index (χ1) is 8.90. The molecule has 0 spiro atoms. The zero-order valence-electron chi connectivity index (χ0n) is 12.1. The second kappa shape index (κ2) is 7.78. The Hall–Kier alpha value is -0.710. The van der Waals surface area contributed by atoms with Gasteiger partial charge in [-0.05, 0) is 31.6 Å². The van der Waals surface area contributed by atoms with E-state index in [0.717, 1.165) is 12.8 Å². The van der Waals surface area contributed by atoms with E-state index >= 15 is 0 Å². The molecule has 0 saturated heterocycles. The molecule has 0 aliphatic heterocycles. The van der Waals surface area contributed by atoms with Crippen molar-refractivity contribution in [3.63, 3.8) is 0 Å². The zero-order valence-corrected chi connectivity index (χ0v) is 12.9. The Morgan fingerprint density at radius 2 is 1.84 bits per heavy atom. The molecule has 0 radical (unpaired) electrons. The van der Waals surface area contributed by atoms with Crippen LogP contribution in [0.4, 0.5) is 0 Å². The lowest BCUT2D eigenvalue weighted by Crippen LogP contribution is -2.45. The molecule has 1 saturated carbocycles. The molecule has 5 heteroatoms. The predicted molar refractivity (Wildman–Crippen MR) is 77.3 cm³/mol. The van der Waals surface area contributed by atoms with E-state index < -0.39 is 16.8 Å². The standard InChI is InChI=1S/C14H25NO3S/c1-10(2)14(11(3)16)15-13(17)9-19(18)8-12-6-4-5-7-12/h10,12,14H,4-9H2,1-3H3,(H,15,17). The molecule has 110 valence electrons. The van der Waals surface area contributed by atoms with Crippen molar-refractivity contribution in [1.29, 1.82) is 0 Å². The number of carbonyl (C=O) groups excluding carboxylic acids is 2. The summed E-state index contributed by atoms with van der Waals surface area (Å²) in [7, 11) is -1.11. The third-order valence-electron chi connectivity index (χ3n) is 3.61. The van der Waals surface area contributed by atoms with Gasteiger partial charge in [0, 0.05) is 16.6 Å². The largest absolute Gasteiger partial charge is 0.345 e. The van der Waals surface area contributed by atoms with Gasteiger partial charge in [0.15, 0.2) is 5.78 Å². The Morgan fingerprint density at radius 1 is 1.26 bits per heavy atom. The van der Waals surface area contributed by atoms with Crippen LogP contribution in [0.5, 0.6) is 0 Å². The molecule has 4 nitrogen and oxygen atoms in total. The van der Waals surface area contributed by atoms with Crippen molar-refractivity contribution < 1.29 is 13.8 Å². The van der Waals surface area contributed by atoms with Crippen LogP contribution in [0.3, 0.4) is 0 Å². The van der Waals surface area contributed by atoms with Gasteiger partial charge in [0.2, 0.25) is 5.91 Å². The quantitative estimate of drug-likeness (QED) is 0.774. The Morgan fingerprint density at radius 3 is 2.32 bits per heavy atom. The molecule has 1 N–H and O–H groups in total. The van der Waals surface area contributed by atoms with E-state index in [-0.39, 0.29) is 23.4 Å². The third-order valence-corrected chi connectivity index (χ3v) is 5.04. The van der Waals surface area contributed by atoms with E-state index in [1.165, 1.54) is 19.8 Å². The predicted octanol–water partition coefficient (Wildman–Crippen LogP) is 1.66. The topological polar surface area (TPSA) is 63.2 Å². The summed E-state index contributed by atoms with van der Waals surface area (Å²) in [6.07, 6.45) is 4.70. The molecule has 0 bridgehead atoms. The van der Waals surface area contributed by atoms with Crippen LogP contribution >= 0.6 is 0 Å². The van der Waals surface area contributed by atoms with Gasteiger partial charge in [0.1, 0.15) is 5.75 Å². The number of rotatable bonds is 7. The fourth-order valence-corrected chi connectivity index (χ4v) is 3.95. The maximum absolute atomic E-state index is 11.9. The number of Topliss-reactive ketones (excluding diaryl/α,β-unsaturated/α-hetero) is 1. The zero-order chi connectivity index (χ0) is 14.4. The summed E-state index contributed by atoms with van der Waals surface area (Å²) in [6, 6.07) is -0.462. The van der Waals surface area contributed by atoms with Crippen LogP contribution < -0.4 is 5.32 Å². The lowest BCUT2D eigenvalue weighted by atomic mass is 10.0. The molecule has 0 aromatic rings. The maximum atomic E-state index is 11.9. The second-order valence-electron chi connectivity index (χ2n) is 5.80. The number of ketones is 1. The van der Waals surface area contributed by atoms with Crippen molar-refractivity contribution >= 4 is 22.5 Å². The molecule has 1 aliphatic rings. The van der Waals surface area contributed by atoms with Crippen LogP contribution in [-0.4, -0.2) is 33.4 Å². The first-order valence-corrected chi connectivity index (χ1v) is 8.53. The Bertz CT molecular complexity index is 349. The van der Waals surface area contributed by atoms with Crippen molar-refractivity contribution in [3.8, 4) is 0 Å². The van der Waals surface area contributed by atoms with Gasteiger partial charge in [-0.25, -0.2) is 0 Å². The molecule has 1 rings (SSSR count). The second-order valence-corrected chi connectivity index (χ2v) is 7.30. The van der Waals surface area contributed by atoms with Gasteiger partial charge in [-0.2, -0.15) is 0 Å². The highest BCUT2D eigenvalue weighted by Crippen LogP contribution is 2.25. The first-order valence-electron chi connectivity index (χ1n) is 7.05. The molecule has 0 aromatic carbocycles. The number of hydrogen-bond acceptors (Lipinski definition) is 3. The Kier molecular flexibility index (Phi) is 6.69. The van der Waals surface area contributed by atoms with E-state index in [0.29, 0.717) is 11.7 Å². The van der Waals surface area contributed by atoms with Crippen molar-refractivity contribution in [2.45, 2.75) is 52.5 Å². The summed E-state index contributed by atoms with van der Waals surface area (Å²) in [4.78, 5) is 23.2. The number of hydrogen-bond donors (Lipinski definition) is 1. The lowest BCUT2D eigenvalue weighted by Gasteiger charge is -2.19. The van der Waals surface area contributed by atoms with Crippen molar-refractivity contribution in [2.24, 2.45) is 11.8 Å². The highest BCUT2D eigenvalue weighted by Gasteiger charge is 2.23. The van der Waals surface area contributed by atoms with Gasteiger partial charge < -0.3 is 5.32 Å². The van der Waals surface area contributed by atoms with Gasteiger partial charge in [-0.3, -0.25) is 13.8 Å². The average Bonchev–Trinajstić information content (AvgIpc) is 2.77. The lowest BCUT2D eigenvalue weighted by molar-refractivity contribution is -0.126. The Balaban J connectivity index is 2.36. The van der Waals surface area contributed by atoms with E-state index in [1.807, 2.05) is 13.8 Å². The van der Waals surface area contributed by atoms with Crippen molar-refractivity contribution in [1.82, 2.24) is 5.32 Å². The Labute approximate surface area is 118 Å². The van der Waals surface area contributed by atoms with E-state index in [1.54, 1.807) is 0 Å². The van der Waals surface area contributed by atoms with Crippen LogP contribution in [0.15, 0.2) is 0 Å². The van der Waals surface area contributed by atoms with Crippen LogP contribution in [0.2, 0.25) is 0 Å². The minimum atomic E-state index is -1.11. The summed E-state index contributed by atoms with van der Waals surface area (Å²) in [5.41, 5.74) is 0. The molecule has 1 aliphatic carbocycles. The molecular formula is C14H25NO3S. The normalized spacial score (nSPS) is 19.4. The monoisotopic (exact) mass is 287 g/mol. The van der Waals surface area contributed by atoms with Gasteiger partial charge in [0.25, 0.3) is 0 Å². The molecule has 0 heterocycles. The van der Waals surface area contributed by atoms with Gasteiger partial charge in [0.05, 0.1) is 6.04 Å². The maximum Gasteiger partial charge on any atom is 0.233 e. The smallest absolute Gasteiger partial charge is 0.233 e. The average molecular weight is 287 g/mol. The summed E-state index contributed by atoms with van der Waals surface area (Å²) in [5.74, 6) is 0.898. The molecule has 2 unspecified atom stereocenters. The van der Waals surface area contributed by atoms with Crippen LogP contribution in [-0.2, 0) is 20.4 Å². The van der Waals surface area contributed by atoms with E-state index in [2.05, 4.69) is 5.32 Å². The fourth-order valence-electron chi connectivity index (χ4n) is 2.60. The van der Waals surface area contributed by atoms with Gasteiger partial charge in [-0.15, -0.1) is 0 Å². The summed E-state index contributed by atoms with van der Waals surface area (Å²) in [5, 5.41) is 2.69. The third kappa shape index (κ3) is 5.85. The van der Waals surface area contributed by atoms with Crippen LogP contribution in [0.25, 0.3) is 0 Å². The summed E-state index contributed by atoms with van der Waals surface area (Å²) >= 11 is 0. The number of amides is 1. The first kappa shape index (κ1) is 16.3. The van der Waals surface area contributed by atoms with Crippen molar-refractivity contribution in [2.75, 3.05) is 11.5 Å². The van der Waals surface area contributed by atoms with Crippen molar-refractivity contribution in [3.05, 3.63) is 0 Å². The summed E-state index contributed by atoms with van der Waals surface area (Å²) < 4.78 is 11.9. The SMILES string of the molecule is CC(=O)C(NC(=O)CS(=O)CC1CCCC1)C(C)C.